The molecule has 202 valence electrons. The molecule has 0 radical (unpaired) electrons. The van der Waals surface area contributed by atoms with E-state index in [-0.39, 0.29) is 23.6 Å². The minimum Gasteiger partial charge on any atom is -0.480 e. The van der Waals surface area contributed by atoms with Gasteiger partial charge in [0.1, 0.15) is 23.2 Å². The fraction of sp³-hybridized carbons (Fsp3) is 0.208. The Kier molecular flexibility index (Phi) is 8.30. The Morgan fingerprint density at radius 2 is 1.53 bits per heavy atom. The Hall–Kier alpha value is -3.73. The van der Waals surface area contributed by atoms with Crippen molar-refractivity contribution in [3.05, 3.63) is 105 Å². The van der Waals surface area contributed by atoms with Gasteiger partial charge >= 0.3 is 12.1 Å². The molecular formula is C24H18F7N2O4P. The Morgan fingerprint density at radius 3 is 2.08 bits per heavy atom. The standard InChI is InChI=1S/C24H18F7N2O4P/c25-16-5-2-6-17(26)20(16)21(35)32-18(22(36)37)8-12-3-1-4-13(7-12)10-33-11-15(24(30,31)38)14(9-19(33)34)23(27,28)29/h1-7,9,11,18H,8,10,38H2,(H,32,35)(H,36,37). The molecule has 2 aromatic carbocycles. The SMILES string of the molecule is O=C(NC(Cc1cccc(Cn2cc(C(F)(F)P)c(C(F)(F)F)cc2=O)c1)C(=O)O)c1c(F)cccc1F. The molecule has 0 bridgehead atoms. The molecule has 2 atom stereocenters. The van der Waals surface area contributed by atoms with Crippen LogP contribution in [0.15, 0.2) is 59.5 Å². The van der Waals surface area contributed by atoms with Crippen LogP contribution in [0.5, 0.6) is 0 Å². The average Bonchev–Trinajstić information content (AvgIpc) is 2.78. The summed E-state index contributed by atoms with van der Waals surface area (Å²) < 4.78 is 95.7. The number of halogens is 7. The van der Waals surface area contributed by atoms with Gasteiger partial charge in [-0.1, -0.05) is 39.6 Å². The monoisotopic (exact) mass is 562 g/mol. The highest BCUT2D eigenvalue weighted by atomic mass is 31.0. The highest BCUT2D eigenvalue weighted by molar-refractivity contribution is 7.17. The number of carboxylic acids is 1. The van der Waals surface area contributed by atoms with Crippen LogP contribution in [0, 0.1) is 11.6 Å². The van der Waals surface area contributed by atoms with Crippen LogP contribution in [0.25, 0.3) is 0 Å². The summed E-state index contributed by atoms with van der Waals surface area (Å²) in [5.41, 5.74) is -8.90. The molecule has 6 nitrogen and oxygen atoms in total. The number of nitrogens with zero attached hydrogens (tertiary/aromatic N) is 1. The number of carbonyl (C=O) groups is 2. The quantitative estimate of drug-likeness (QED) is 0.312. The molecule has 0 saturated heterocycles. The molecule has 38 heavy (non-hydrogen) atoms. The maximum atomic E-state index is 13.9. The van der Waals surface area contributed by atoms with Gasteiger partial charge in [0.05, 0.1) is 17.7 Å². The van der Waals surface area contributed by atoms with Crippen molar-refractivity contribution in [1.82, 2.24) is 9.88 Å². The molecule has 1 amide bonds. The number of rotatable bonds is 8. The van der Waals surface area contributed by atoms with E-state index < -0.39 is 70.2 Å². The number of pyridine rings is 1. The largest absolute Gasteiger partial charge is 0.480 e. The first-order chi connectivity index (χ1) is 17.6. The number of hydrogen-bond donors (Lipinski definition) is 2. The maximum Gasteiger partial charge on any atom is 0.417 e. The fourth-order valence-corrected chi connectivity index (χ4v) is 3.86. The van der Waals surface area contributed by atoms with E-state index in [9.17, 15) is 50.2 Å². The molecule has 0 aliphatic carbocycles. The topological polar surface area (TPSA) is 88.4 Å². The second-order valence-corrected chi connectivity index (χ2v) is 8.90. The summed E-state index contributed by atoms with van der Waals surface area (Å²) in [7, 11) is 0.985. The molecule has 1 heterocycles. The van der Waals surface area contributed by atoms with E-state index in [0.717, 1.165) is 27.4 Å². The third-order valence-corrected chi connectivity index (χ3v) is 5.68. The molecule has 0 saturated carbocycles. The Balaban J connectivity index is 1.87. The molecule has 2 unspecified atom stereocenters. The van der Waals surface area contributed by atoms with Crippen molar-refractivity contribution >= 4 is 21.1 Å². The van der Waals surface area contributed by atoms with Gasteiger partial charge in [0, 0.05) is 18.7 Å². The zero-order chi connectivity index (χ0) is 28.4. The van der Waals surface area contributed by atoms with E-state index in [1.807, 2.05) is 5.32 Å². The zero-order valence-corrected chi connectivity index (χ0v) is 20.2. The summed E-state index contributed by atoms with van der Waals surface area (Å²) in [6, 6.07) is 6.66. The second-order valence-electron chi connectivity index (χ2n) is 8.17. The van der Waals surface area contributed by atoms with E-state index in [0.29, 0.717) is 10.8 Å². The van der Waals surface area contributed by atoms with Crippen molar-refractivity contribution in [2.45, 2.75) is 30.8 Å². The Bertz CT molecular complexity index is 1410. The predicted octanol–water partition coefficient (Wildman–Crippen LogP) is 4.54. The minimum atomic E-state index is -5.20. The van der Waals surface area contributed by atoms with Gasteiger partial charge in [0.25, 0.3) is 17.1 Å². The van der Waals surface area contributed by atoms with E-state index >= 15 is 0 Å². The average molecular weight is 562 g/mol. The van der Waals surface area contributed by atoms with E-state index in [2.05, 4.69) is 0 Å². The van der Waals surface area contributed by atoms with Crippen LogP contribution in [-0.2, 0) is 29.6 Å². The van der Waals surface area contributed by atoms with Crippen molar-refractivity contribution in [3.8, 4) is 0 Å². The third-order valence-electron chi connectivity index (χ3n) is 5.37. The number of amides is 1. The third kappa shape index (κ3) is 6.77. The minimum absolute atomic E-state index is 0.0645. The molecule has 0 fully saturated rings. The first-order valence-corrected chi connectivity index (χ1v) is 11.2. The lowest BCUT2D eigenvalue weighted by atomic mass is 10.0. The maximum absolute atomic E-state index is 13.9. The van der Waals surface area contributed by atoms with Crippen LogP contribution in [0.2, 0.25) is 0 Å². The van der Waals surface area contributed by atoms with E-state index in [1.54, 1.807) is 0 Å². The van der Waals surface area contributed by atoms with Crippen LogP contribution in [0.1, 0.15) is 32.6 Å². The lowest BCUT2D eigenvalue weighted by molar-refractivity contribution is -0.140. The van der Waals surface area contributed by atoms with E-state index in [1.165, 1.54) is 24.3 Å². The van der Waals surface area contributed by atoms with Gasteiger partial charge in [-0.05, 0) is 23.3 Å². The van der Waals surface area contributed by atoms with Crippen LogP contribution in [0.4, 0.5) is 30.7 Å². The number of aliphatic carboxylic acids is 1. The Morgan fingerprint density at radius 1 is 0.947 bits per heavy atom. The number of hydrogen-bond acceptors (Lipinski definition) is 3. The molecule has 3 rings (SSSR count). The smallest absolute Gasteiger partial charge is 0.417 e. The van der Waals surface area contributed by atoms with Crippen LogP contribution < -0.4 is 10.9 Å². The summed E-state index contributed by atoms with van der Waals surface area (Å²) >= 11 is 0. The molecular weight excluding hydrogens is 544 g/mol. The second kappa shape index (κ2) is 10.9. The van der Waals surface area contributed by atoms with Gasteiger partial charge in [0.2, 0.25) is 0 Å². The van der Waals surface area contributed by atoms with Crippen molar-refractivity contribution < 1.29 is 45.4 Å². The molecule has 2 N–H and O–H groups in total. The van der Waals surface area contributed by atoms with Crippen LogP contribution in [0.3, 0.4) is 0 Å². The zero-order valence-electron chi connectivity index (χ0n) is 19.0. The number of carbonyl (C=O) groups excluding carboxylic acids is 1. The van der Waals surface area contributed by atoms with Gasteiger partial charge in [-0.2, -0.15) is 22.0 Å². The number of nitrogens with one attached hydrogen (secondary N) is 1. The summed E-state index contributed by atoms with van der Waals surface area (Å²) in [5, 5.41) is 11.5. The van der Waals surface area contributed by atoms with Crippen molar-refractivity contribution in [1.29, 1.82) is 0 Å². The highest BCUT2D eigenvalue weighted by Crippen LogP contribution is 2.42. The Labute approximate surface area is 212 Å². The molecule has 0 aliphatic rings. The van der Waals surface area contributed by atoms with Gasteiger partial charge in [-0.3, -0.25) is 9.59 Å². The van der Waals surface area contributed by atoms with Crippen molar-refractivity contribution in [2.24, 2.45) is 0 Å². The van der Waals surface area contributed by atoms with Crippen molar-refractivity contribution in [3.63, 3.8) is 0 Å². The van der Waals surface area contributed by atoms with Gasteiger partial charge in [-0.15, -0.1) is 0 Å². The van der Waals surface area contributed by atoms with Gasteiger partial charge < -0.3 is 15.0 Å². The highest BCUT2D eigenvalue weighted by Gasteiger charge is 2.41. The number of aromatic nitrogens is 1. The molecule has 3 aromatic rings. The van der Waals surface area contributed by atoms with Gasteiger partial charge in [0.15, 0.2) is 0 Å². The first kappa shape index (κ1) is 28.8. The number of carboxylic acid groups (broad SMARTS) is 1. The summed E-state index contributed by atoms with van der Waals surface area (Å²) in [5.74, 6) is -5.25. The van der Waals surface area contributed by atoms with Crippen LogP contribution >= 0.6 is 9.24 Å². The van der Waals surface area contributed by atoms with Crippen molar-refractivity contribution in [2.75, 3.05) is 0 Å². The number of benzene rings is 2. The lowest BCUT2D eigenvalue weighted by Crippen LogP contribution is -2.43. The van der Waals surface area contributed by atoms with Gasteiger partial charge in [-0.25, -0.2) is 13.6 Å². The molecule has 0 aliphatic heterocycles. The molecule has 14 heteroatoms. The van der Waals surface area contributed by atoms with E-state index in [4.69, 9.17) is 0 Å². The molecule has 0 spiro atoms. The fourth-order valence-electron chi connectivity index (χ4n) is 3.63. The number of alkyl halides is 5. The summed E-state index contributed by atoms with van der Waals surface area (Å²) in [4.78, 5) is 36.3. The lowest BCUT2D eigenvalue weighted by Gasteiger charge is -2.19. The normalized spacial score (nSPS) is 12.7. The van der Waals surface area contributed by atoms with Crippen LogP contribution in [-0.4, -0.2) is 27.6 Å². The summed E-state index contributed by atoms with van der Waals surface area (Å²) in [6.07, 6.45) is -5.19. The molecule has 1 aromatic heterocycles. The summed E-state index contributed by atoms with van der Waals surface area (Å²) in [6.45, 7) is -0.441. The first-order valence-electron chi connectivity index (χ1n) is 10.6. The predicted molar refractivity (Wildman–Crippen MR) is 124 cm³/mol.